The molecule has 0 saturated heterocycles. The second-order valence-electron chi connectivity index (χ2n) is 8.50. The normalized spacial score (nSPS) is 14.0. The first-order valence-electron chi connectivity index (χ1n) is 12.2. The summed E-state index contributed by atoms with van der Waals surface area (Å²) in [7, 11) is 0. The predicted molar refractivity (Wildman–Crippen MR) is 137 cm³/mol. The summed E-state index contributed by atoms with van der Waals surface area (Å²) >= 11 is 0. The number of H-pyrrole nitrogens is 1. The molecule has 1 aliphatic heterocycles. The molecule has 9 heteroatoms. The number of carbonyl (C=O) groups is 2. The highest BCUT2D eigenvalue weighted by Crippen LogP contribution is 2.34. The number of rotatable bonds is 13. The van der Waals surface area contributed by atoms with Crippen LogP contribution < -0.4 is 16.0 Å². The molecule has 0 bridgehead atoms. The van der Waals surface area contributed by atoms with E-state index in [-0.39, 0.29) is 11.8 Å². The van der Waals surface area contributed by atoms with E-state index in [0.717, 1.165) is 50.6 Å². The van der Waals surface area contributed by atoms with Crippen LogP contribution >= 0.6 is 0 Å². The van der Waals surface area contributed by atoms with Gasteiger partial charge in [-0.15, -0.1) is 0 Å². The number of anilines is 1. The molecule has 2 aromatic rings. The highest BCUT2D eigenvalue weighted by atomic mass is 19.1. The van der Waals surface area contributed by atoms with E-state index < -0.39 is 5.82 Å². The van der Waals surface area contributed by atoms with E-state index in [1.54, 1.807) is 12.1 Å². The van der Waals surface area contributed by atoms with Gasteiger partial charge in [0.2, 0.25) is 0 Å². The summed E-state index contributed by atoms with van der Waals surface area (Å²) in [4.78, 5) is 30.9. The molecule has 0 fully saturated rings. The molecule has 1 aliphatic rings. The number of fused-ring (bicyclic) bond motifs is 1. The number of hydrogen-bond acceptors (Lipinski definition) is 5. The smallest absolute Gasteiger partial charge is 0.256 e. The molecular formula is C26H36FN5O3. The Labute approximate surface area is 206 Å². The van der Waals surface area contributed by atoms with Crippen molar-refractivity contribution >= 4 is 29.2 Å². The molecule has 2 heterocycles. The standard InChI is InChI=1S/C26H36FN5O3/c1-5-32(12-9-28-11-14-35-6-2)13-10-29-26(34)24-17(3)23(30-18(24)4)16-21-20-15-19(27)7-8-22(20)31-25(21)33/h7-8,15-16,28,30H,5-6,9-14H2,1-4H3,(H,29,34)(H,31,33)/b21-16-. The highest BCUT2D eigenvalue weighted by molar-refractivity contribution is 6.34. The van der Waals surface area contributed by atoms with Crippen LogP contribution in [0.2, 0.25) is 0 Å². The van der Waals surface area contributed by atoms with Crippen molar-refractivity contribution < 1.29 is 18.7 Å². The van der Waals surface area contributed by atoms with Crippen molar-refractivity contribution in [1.29, 1.82) is 0 Å². The average Bonchev–Trinajstić information content (AvgIpc) is 3.29. The maximum absolute atomic E-state index is 13.7. The fourth-order valence-corrected chi connectivity index (χ4v) is 4.20. The zero-order valence-corrected chi connectivity index (χ0v) is 21.0. The number of carbonyl (C=O) groups excluding carboxylic acids is 2. The predicted octanol–water partition coefficient (Wildman–Crippen LogP) is 2.94. The lowest BCUT2D eigenvalue weighted by molar-refractivity contribution is -0.110. The lowest BCUT2D eigenvalue weighted by atomic mass is 10.0. The molecular weight excluding hydrogens is 449 g/mol. The molecule has 190 valence electrons. The molecule has 4 N–H and O–H groups in total. The number of aryl methyl sites for hydroxylation is 1. The lowest BCUT2D eigenvalue weighted by Gasteiger charge is -2.20. The van der Waals surface area contributed by atoms with Crippen LogP contribution in [0.4, 0.5) is 10.1 Å². The number of likely N-dealkylation sites (N-methyl/N-ethyl adjacent to an activating group) is 1. The lowest BCUT2D eigenvalue weighted by Crippen LogP contribution is -2.39. The van der Waals surface area contributed by atoms with Gasteiger partial charge in [-0.3, -0.25) is 9.59 Å². The van der Waals surface area contributed by atoms with E-state index in [9.17, 15) is 14.0 Å². The van der Waals surface area contributed by atoms with E-state index in [2.05, 4.69) is 32.8 Å². The Kier molecular flexibility index (Phi) is 9.59. The third-order valence-electron chi connectivity index (χ3n) is 6.15. The van der Waals surface area contributed by atoms with Crippen LogP contribution in [0.5, 0.6) is 0 Å². The molecule has 0 aliphatic carbocycles. The van der Waals surface area contributed by atoms with E-state index in [0.29, 0.717) is 41.2 Å². The van der Waals surface area contributed by atoms with Crippen molar-refractivity contribution in [1.82, 2.24) is 20.5 Å². The number of benzene rings is 1. The Balaban J connectivity index is 1.59. The van der Waals surface area contributed by atoms with Gasteiger partial charge in [0.05, 0.1) is 17.7 Å². The summed E-state index contributed by atoms with van der Waals surface area (Å²) in [5.41, 5.74) is 4.14. The van der Waals surface area contributed by atoms with Crippen molar-refractivity contribution in [3.63, 3.8) is 0 Å². The van der Waals surface area contributed by atoms with Gasteiger partial charge in [-0.05, 0) is 57.2 Å². The molecule has 0 saturated carbocycles. The number of aromatic nitrogens is 1. The zero-order chi connectivity index (χ0) is 25.4. The second kappa shape index (κ2) is 12.6. The maximum atomic E-state index is 13.7. The summed E-state index contributed by atoms with van der Waals surface area (Å²) < 4.78 is 19.1. The van der Waals surface area contributed by atoms with Gasteiger partial charge in [-0.2, -0.15) is 0 Å². The number of halogens is 1. The third kappa shape index (κ3) is 6.78. The third-order valence-corrected chi connectivity index (χ3v) is 6.15. The largest absolute Gasteiger partial charge is 0.380 e. The quantitative estimate of drug-likeness (QED) is 0.258. The van der Waals surface area contributed by atoms with E-state index >= 15 is 0 Å². The monoisotopic (exact) mass is 485 g/mol. The minimum Gasteiger partial charge on any atom is -0.380 e. The van der Waals surface area contributed by atoms with Gasteiger partial charge in [0.1, 0.15) is 5.82 Å². The number of hydrogen-bond donors (Lipinski definition) is 4. The van der Waals surface area contributed by atoms with Crippen LogP contribution in [-0.2, 0) is 9.53 Å². The first kappa shape index (κ1) is 26.6. The van der Waals surface area contributed by atoms with Crippen LogP contribution in [0.3, 0.4) is 0 Å². The second-order valence-corrected chi connectivity index (χ2v) is 8.50. The summed E-state index contributed by atoms with van der Waals surface area (Å²) in [5.74, 6) is -0.863. The van der Waals surface area contributed by atoms with Gasteiger partial charge in [0, 0.05) is 62.0 Å². The summed E-state index contributed by atoms with van der Waals surface area (Å²) in [6.07, 6.45) is 1.68. The number of nitrogens with zero attached hydrogens (tertiary/aromatic N) is 1. The number of amides is 2. The van der Waals surface area contributed by atoms with Crippen molar-refractivity contribution in [3.05, 3.63) is 52.1 Å². The average molecular weight is 486 g/mol. The molecule has 8 nitrogen and oxygen atoms in total. The highest BCUT2D eigenvalue weighted by Gasteiger charge is 2.26. The topological polar surface area (TPSA) is 98.5 Å². The minimum atomic E-state index is -0.409. The first-order chi connectivity index (χ1) is 16.8. The molecule has 3 rings (SSSR count). The van der Waals surface area contributed by atoms with Crippen LogP contribution in [0.15, 0.2) is 18.2 Å². The van der Waals surface area contributed by atoms with Crippen LogP contribution in [0, 0.1) is 19.7 Å². The first-order valence-corrected chi connectivity index (χ1v) is 12.2. The Morgan fingerprint density at radius 1 is 1.17 bits per heavy atom. The van der Waals surface area contributed by atoms with Gasteiger partial charge in [0.15, 0.2) is 0 Å². The van der Waals surface area contributed by atoms with Crippen LogP contribution in [0.1, 0.15) is 46.7 Å². The van der Waals surface area contributed by atoms with E-state index in [1.807, 2.05) is 20.8 Å². The number of aromatic amines is 1. The fourth-order valence-electron chi connectivity index (χ4n) is 4.20. The minimum absolute atomic E-state index is 0.158. The molecule has 35 heavy (non-hydrogen) atoms. The van der Waals surface area contributed by atoms with Gasteiger partial charge in [0.25, 0.3) is 11.8 Å². The van der Waals surface area contributed by atoms with Gasteiger partial charge >= 0.3 is 0 Å². The molecule has 0 atom stereocenters. The van der Waals surface area contributed by atoms with Crippen molar-refractivity contribution in [2.45, 2.75) is 27.7 Å². The Hall–Kier alpha value is -3.01. The summed E-state index contributed by atoms with van der Waals surface area (Å²) in [5, 5.41) is 9.12. The molecule has 1 aromatic carbocycles. The van der Waals surface area contributed by atoms with Gasteiger partial charge < -0.3 is 30.6 Å². The Bertz CT molecular complexity index is 1080. The Morgan fingerprint density at radius 2 is 1.94 bits per heavy atom. The van der Waals surface area contributed by atoms with Crippen molar-refractivity contribution in [2.75, 3.05) is 57.8 Å². The molecule has 0 radical (unpaired) electrons. The molecule has 2 amide bonds. The Morgan fingerprint density at radius 3 is 2.69 bits per heavy atom. The van der Waals surface area contributed by atoms with Crippen molar-refractivity contribution in [2.24, 2.45) is 0 Å². The molecule has 0 spiro atoms. The molecule has 1 aromatic heterocycles. The maximum Gasteiger partial charge on any atom is 0.256 e. The summed E-state index contributed by atoms with van der Waals surface area (Å²) in [6, 6.07) is 4.20. The molecule has 0 unspecified atom stereocenters. The van der Waals surface area contributed by atoms with Gasteiger partial charge in [-0.1, -0.05) is 6.92 Å². The SMILES string of the molecule is CCOCCNCCN(CC)CCNC(=O)c1c(C)[nH]c(/C=C2\C(=O)Nc3ccc(F)cc32)c1C. The van der Waals surface area contributed by atoms with Crippen molar-refractivity contribution in [3.8, 4) is 0 Å². The summed E-state index contributed by atoms with van der Waals surface area (Å²) in [6.45, 7) is 14.0. The fraction of sp³-hybridized carbons (Fsp3) is 0.462. The van der Waals surface area contributed by atoms with Gasteiger partial charge in [-0.25, -0.2) is 4.39 Å². The van der Waals surface area contributed by atoms with Crippen LogP contribution in [0.25, 0.3) is 11.6 Å². The van der Waals surface area contributed by atoms with E-state index in [4.69, 9.17) is 4.74 Å². The number of ether oxygens (including phenoxy) is 1. The zero-order valence-electron chi connectivity index (χ0n) is 21.0. The van der Waals surface area contributed by atoms with Crippen LogP contribution in [-0.4, -0.2) is 74.2 Å². The van der Waals surface area contributed by atoms with E-state index in [1.165, 1.54) is 12.1 Å². The number of nitrogens with one attached hydrogen (secondary N) is 4.